The van der Waals surface area contributed by atoms with Gasteiger partial charge in [0, 0.05) is 10.6 Å². The Kier molecular flexibility index (Phi) is 8.42. The molecule has 7 nitrogen and oxygen atoms in total. The number of ether oxygens (including phenoxy) is 3. The number of aryl methyl sites for hydroxylation is 1. The lowest BCUT2D eigenvalue weighted by Crippen LogP contribution is -2.39. The van der Waals surface area contributed by atoms with Crippen molar-refractivity contribution in [2.75, 3.05) is 13.7 Å². The number of carbonyl (C=O) groups is 1. The van der Waals surface area contributed by atoms with Gasteiger partial charge in [0.15, 0.2) is 16.3 Å². The molecule has 2 heterocycles. The zero-order chi connectivity index (χ0) is 29.1. The van der Waals surface area contributed by atoms with Crippen LogP contribution in [-0.4, -0.2) is 24.3 Å². The van der Waals surface area contributed by atoms with Crippen LogP contribution in [0.25, 0.3) is 6.08 Å². The number of methoxy groups -OCH3 is 1. The van der Waals surface area contributed by atoms with Crippen molar-refractivity contribution in [2.24, 2.45) is 4.99 Å². The van der Waals surface area contributed by atoms with Crippen molar-refractivity contribution in [1.82, 2.24) is 4.57 Å². The van der Waals surface area contributed by atoms with Gasteiger partial charge in [-0.2, -0.15) is 0 Å². The number of thiazole rings is 1. The van der Waals surface area contributed by atoms with Gasteiger partial charge >= 0.3 is 5.97 Å². The monoisotopic (exact) mass is 588 g/mol. The Morgan fingerprint density at radius 3 is 2.49 bits per heavy atom. The molecule has 1 atom stereocenters. The molecule has 0 unspecified atom stereocenters. The van der Waals surface area contributed by atoms with E-state index in [1.54, 1.807) is 43.7 Å². The maximum Gasteiger partial charge on any atom is 0.338 e. The highest BCUT2D eigenvalue weighted by Gasteiger charge is 2.33. The van der Waals surface area contributed by atoms with Crippen LogP contribution in [0.15, 0.2) is 87.8 Å². The Morgan fingerprint density at radius 1 is 1.07 bits per heavy atom. The SMILES string of the molecule is CCOC(=O)C1=C(C)N=c2s/c(=C\c3cccc(OC)c3OCc3ccc(Cl)cc3)c(=O)n2[C@H]1c1ccc(C)cc1. The van der Waals surface area contributed by atoms with E-state index >= 15 is 0 Å². The summed E-state index contributed by atoms with van der Waals surface area (Å²) in [6.45, 7) is 6.02. The molecule has 41 heavy (non-hydrogen) atoms. The number of carbonyl (C=O) groups excluding carboxylic acids is 1. The fourth-order valence-electron chi connectivity index (χ4n) is 4.69. The quantitative estimate of drug-likeness (QED) is 0.259. The summed E-state index contributed by atoms with van der Waals surface area (Å²) in [6, 6.07) is 20.0. The number of benzene rings is 3. The van der Waals surface area contributed by atoms with E-state index in [4.69, 9.17) is 25.8 Å². The summed E-state index contributed by atoms with van der Waals surface area (Å²) in [4.78, 5) is 32.3. The van der Waals surface area contributed by atoms with Crippen molar-refractivity contribution in [3.05, 3.63) is 125 Å². The molecule has 9 heteroatoms. The smallest absolute Gasteiger partial charge is 0.338 e. The first-order valence-electron chi connectivity index (χ1n) is 13.1. The second-order valence-electron chi connectivity index (χ2n) is 9.51. The van der Waals surface area contributed by atoms with E-state index in [1.807, 2.05) is 61.5 Å². The molecular weight excluding hydrogens is 560 g/mol. The van der Waals surface area contributed by atoms with Crippen molar-refractivity contribution in [3.8, 4) is 11.5 Å². The predicted octanol–water partition coefficient (Wildman–Crippen LogP) is 5.35. The second kappa shape index (κ2) is 12.2. The first kappa shape index (κ1) is 28.4. The number of nitrogens with zero attached hydrogens (tertiary/aromatic N) is 2. The molecule has 0 saturated heterocycles. The highest BCUT2D eigenvalue weighted by molar-refractivity contribution is 7.07. The Balaban J connectivity index is 1.63. The number of fused-ring (bicyclic) bond motifs is 1. The van der Waals surface area contributed by atoms with Gasteiger partial charge in [0.2, 0.25) is 0 Å². The second-order valence-corrected chi connectivity index (χ2v) is 11.0. The number of rotatable bonds is 8. The van der Waals surface area contributed by atoms with Crippen LogP contribution >= 0.6 is 22.9 Å². The maximum absolute atomic E-state index is 14.0. The summed E-state index contributed by atoms with van der Waals surface area (Å²) in [5.74, 6) is 0.562. The number of halogens is 1. The number of esters is 1. The predicted molar refractivity (Wildman–Crippen MR) is 160 cm³/mol. The third-order valence-electron chi connectivity index (χ3n) is 6.72. The molecule has 0 bridgehead atoms. The van der Waals surface area contributed by atoms with Crippen molar-refractivity contribution < 1.29 is 19.0 Å². The summed E-state index contributed by atoms with van der Waals surface area (Å²) in [6.07, 6.45) is 1.78. The molecule has 1 aromatic heterocycles. The van der Waals surface area contributed by atoms with Crippen LogP contribution in [0.2, 0.25) is 5.02 Å². The van der Waals surface area contributed by atoms with Crippen LogP contribution in [0.5, 0.6) is 11.5 Å². The molecule has 1 aliphatic rings. The maximum atomic E-state index is 14.0. The molecular formula is C32H29ClN2O5S. The average Bonchev–Trinajstić information content (AvgIpc) is 3.26. The lowest BCUT2D eigenvalue weighted by atomic mass is 9.95. The highest BCUT2D eigenvalue weighted by Crippen LogP contribution is 2.33. The first-order chi connectivity index (χ1) is 19.8. The minimum Gasteiger partial charge on any atom is -0.493 e. The lowest BCUT2D eigenvalue weighted by molar-refractivity contribution is -0.139. The van der Waals surface area contributed by atoms with E-state index in [2.05, 4.69) is 4.99 Å². The summed E-state index contributed by atoms with van der Waals surface area (Å²) in [5, 5.41) is 0.646. The van der Waals surface area contributed by atoms with Gasteiger partial charge in [-0.25, -0.2) is 9.79 Å². The number of hydrogen-bond acceptors (Lipinski definition) is 7. The zero-order valence-electron chi connectivity index (χ0n) is 23.1. The molecule has 210 valence electrons. The summed E-state index contributed by atoms with van der Waals surface area (Å²) in [5.41, 5.74) is 4.10. The lowest BCUT2D eigenvalue weighted by Gasteiger charge is -2.24. The standard InChI is InChI=1S/C32H29ClN2O5S/c1-5-39-31(37)27-20(3)34-32-35(28(27)22-13-9-19(2)10-14-22)30(36)26(41-32)17-23-7-6-8-25(38-4)29(23)40-18-21-11-15-24(33)16-12-21/h6-17,28H,5,18H2,1-4H3/b26-17-/t28-/m0/s1. The Morgan fingerprint density at radius 2 is 1.80 bits per heavy atom. The van der Waals surface area contributed by atoms with Gasteiger partial charge < -0.3 is 14.2 Å². The molecule has 0 aliphatic carbocycles. The highest BCUT2D eigenvalue weighted by atomic mass is 35.5. The van der Waals surface area contributed by atoms with E-state index in [0.717, 1.165) is 16.7 Å². The van der Waals surface area contributed by atoms with E-state index < -0.39 is 12.0 Å². The Hall–Kier alpha value is -4.14. The Bertz CT molecular complexity index is 1800. The average molecular weight is 589 g/mol. The first-order valence-corrected chi connectivity index (χ1v) is 14.3. The molecule has 0 radical (unpaired) electrons. The molecule has 4 aromatic rings. The summed E-state index contributed by atoms with van der Waals surface area (Å²) >= 11 is 7.28. The van der Waals surface area contributed by atoms with Gasteiger partial charge in [0.05, 0.1) is 35.6 Å². The van der Waals surface area contributed by atoms with Crippen LogP contribution < -0.4 is 24.4 Å². The van der Waals surface area contributed by atoms with Crippen molar-refractivity contribution in [1.29, 1.82) is 0 Å². The number of aromatic nitrogens is 1. The minimum absolute atomic E-state index is 0.218. The molecule has 3 aromatic carbocycles. The summed E-state index contributed by atoms with van der Waals surface area (Å²) in [7, 11) is 1.57. The zero-order valence-corrected chi connectivity index (χ0v) is 24.7. The number of hydrogen-bond donors (Lipinski definition) is 0. The van der Waals surface area contributed by atoms with E-state index in [1.165, 1.54) is 11.3 Å². The van der Waals surface area contributed by atoms with Crippen LogP contribution in [0.4, 0.5) is 0 Å². The van der Waals surface area contributed by atoms with Gasteiger partial charge in [0.25, 0.3) is 5.56 Å². The molecule has 0 fully saturated rings. The van der Waals surface area contributed by atoms with Crippen LogP contribution in [0.3, 0.4) is 0 Å². The molecule has 0 saturated carbocycles. The van der Waals surface area contributed by atoms with Gasteiger partial charge in [0.1, 0.15) is 6.61 Å². The van der Waals surface area contributed by atoms with Crippen molar-refractivity contribution >= 4 is 35.0 Å². The van der Waals surface area contributed by atoms with E-state index in [-0.39, 0.29) is 18.8 Å². The van der Waals surface area contributed by atoms with Crippen LogP contribution in [0.1, 0.15) is 42.1 Å². The minimum atomic E-state index is -0.668. The molecule has 0 amide bonds. The largest absolute Gasteiger partial charge is 0.493 e. The third kappa shape index (κ3) is 5.85. The third-order valence-corrected chi connectivity index (χ3v) is 7.96. The normalized spacial score (nSPS) is 14.9. The van der Waals surface area contributed by atoms with Gasteiger partial charge in [-0.1, -0.05) is 77.0 Å². The van der Waals surface area contributed by atoms with Crippen molar-refractivity contribution in [2.45, 2.75) is 33.4 Å². The summed E-state index contributed by atoms with van der Waals surface area (Å²) < 4.78 is 19.2. The van der Waals surface area contributed by atoms with E-state index in [9.17, 15) is 9.59 Å². The molecule has 0 N–H and O–H groups in total. The fourth-order valence-corrected chi connectivity index (χ4v) is 5.86. The van der Waals surface area contributed by atoms with Crippen LogP contribution in [-0.2, 0) is 16.1 Å². The van der Waals surface area contributed by atoms with Gasteiger partial charge in [-0.05, 0) is 56.2 Å². The topological polar surface area (TPSA) is 79.1 Å². The number of para-hydroxylation sites is 1. The molecule has 1 aliphatic heterocycles. The van der Waals surface area contributed by atoms with Crippen molar-refractivity contribution in [3.63, 3.8) is 0 Å². The fraction of sp³-hybridized carbons (Fsp3) is 0.219. The Labute approximate surface area is 246 Å². The van der Waals surface area contributed by atoms with Crippen LogP contribution in [0, 0.1) is 6.92 Å². The molecule has 0 spiro atoms. The van der Waals surface area contributed by atoms with E-state index in [0.29, 0.717) is 42.7 Å². The van der Waals surface area contributed by atoms with Gasteiger partial charge in [-0.3, -0.25) is 9.36 Å². The number of allylic oxidation sites excluding steroid dienone is 1. The molecule has 5 rings (SSSR count). The van der Waals surface area contributed by atoms with Gasteiger partial charge in [-0.15, -0.1) is 0 Å².